The number of nitrogens with one attached hydrogen (secondary N) is 1. The van der Waals surface area contributed by atoms with Gasteiger partial charge in [-0.2, -0.15) is 0 Å². The molecule has 3 rings (SSSR count). The summed E-state index contributed by atoms with van der Waals surface area (Å²) in [6, 6.07) is 3.13. The van der Waals surface area contributed by atoms with Crippen LogP contribution >= 0.6 is 0 Å². The molecule has 98 valence electrons. The molecule has 3 nitrogen and oxygen atoms in total. The fraction of sp³-hybridized carbons (Fsp3) is 0.571. The largest absolute Gasteiger partial charge is 0.467 e. The lowest BCUT2D eigenvalue weighted by atomic mass is 9.90. The first-order chi connectivity index (χ1) is 8.83. The van der Waals surface area contributed by atoms with Crippen molar-refractivity contribution in [3.63, 3.8) is 0 Å². The number of hydrogen-bond acceptors (Lipinski definition) is 3. The summed E-state index contributed by atoms with van der Waals surface area (Å²) in [6.07, 6.45) is 3.21. The van der Waals surface area contributed by atoms with Gasteiger partial charge in [-0.05, 0) is 56.0 Å². The van der Waals surface area contributed by atoms with Crippen molar-refractivity contribution in [1.29, 1.82) is 0 Å². The Morgan fingerprint density at radius 2 is 2.11 bits per heavy atom. The van der Waals surface area contributed by atoms with E-state index >= 15 is 0 Å². The van der Waals surface area contributed by atoms with Gasteiger partial charge in [0.15, 0.2) is 6.79 Å². The molecule has 0 radical (unpaired) electrons. The van der Waals surface area contributed by atoms with Crippen molar-refractivity contribution >= 4 is 0 Å². The highest BCUT2D eigenvalue weighted by atomic mass is 19.1. The Morgan fingerprint density at radius 1 is 1.28 bits per heavy atom. The number of rotatable bonds is 2. The van der Waals surface area contributed by atoms with E-state index in [1.54, 1.807) is 6.07 Å². The van der Waals surface area contributed by atoms with Gasteiger partial charge < -0.3 is 14.8 Å². The van der Waals surface area contributed by atoms with Gasteiger partial charge in [-0.1, -0.05) is 0 Å². The van der Waals surface area contributed by atoms with Crippen LogP contribution in [0.2, 0.25) is 0 Å². The zero-order chi connectivity index (χ0) is 12.4. The van der Waals surface area contributed by atoms with Gasteiger partial charge in [-0.25, -0.2) is 4.39 Å². The van der Waals surface area contributed by atoms with E-state index in [4.69, 9.17) is 9.47 Å². The molecule has 1 aromatic carbocycles. The van der Waals surface area contributed by atoms with Gasteiger partial charge in [0.1, 0.15) is 11.6 Å². The molecular weight excluding hydrogens is 233 g/mol. The molecule has 1 aromatic rings. The summed E-state index contributed by atoms with van der Waals surface area (Å²) in [5.74, 6) is 1.29. The van der Waals surface area contributed by atoms with Gasteiger partial charge in [-0.15, -0.1) is 0 Å². The molecule has 1 N–H and O–H groups in total. The van der Waals surface area contributed by atoms with E-state index in [9.17, 15) is 4.39 Å². The van der Waals surface area contributed by atoms with E-state index in [1.807, 2.05) is 0 Å². The van der Waals surface area contributed by atoms with Crippen LogP contribution < -0.4 is 10.1 Å². The molecule has 2 aliphatic heterocycles. The smallest absolute Gasteiger partial charge is 0.189 e. The number of fused-ring (bicyclic) bond motifs is 1. The maximum absolute atomic E-state index is 13.6. The van der Waals surface area contributed by atoms with Crippen molar-refractivity contribution in [2.24, 2.45) is 5.92 Å². The lowest BCUT2D eigenvalue weighted by molar-refractivity contribution is -0.0174. The fourth-order valence-corrected chi connectivity index (χ4v) is 2.81. The highest BCUT2D eigenvalue weighted by Crippen LogP contribution is 2.32. The summed E-state index contributed by atoms with van der Waals surface area (Å²) >= 11 is 0. The zero-order valence-electron chi connectivity index (χ0n) is 10.4. The second-order valence-electron chi connectivity index (χ2n) is 5.06. The number of halogens is 1. The number of hydrogen-bond donors (Lipinski definition) is 1. The Hall–Kier alpha value is -1.13. The second kappa shape index (κ2) is 5.24. The maximum Gasteiger partial charge on any atom is 0.189 e. The van der Waals surface area contributed by atoms with Crippen molar-refractivity contribution in [1.82, 2.24) is 5.32 Å². The normalized spacial score (nSPS) is 20.3. The van der Waals surface area contributed by atoms with Crippen LogP contribution in [0.4, 0.5) is 4.39 Å². The fourth-order valence-electron chi connectivity index (χ4n) is 2.81. The quantitative estimate of drug-likeness (QED) is 0.874. The average Bonchev–Trinajstić information content (AvgIpc) is 2.40. The number of piperidine rings is 1. The molecule has 0 spiro atoms. The Labute approximate surface area is 106 Å². The topological polar surface area (TPSA) is 30.5 Å². The molecule has 0 aliphatic carbocycles. The summed E-state index contributed by atoms with van der Waals surface area (Å²) in [6.45, 7) is 2.85. The molecule has 1 fully saturated rings. The van der Waals surface area contributed by atoms with E-state index in [1.165, 1.54) is 6.07 Å². The predicted molar refractivity (Wildman–Crippen MR) is 66.0 cm³/mol. The maximum atomic E-state index is 13.6. The van der Waals surface area contributed by atoms with Crippen molar-refractivity contribution < 1.29 is 13.9 Å². The van der Waals surface area contributed by atoms with Gasteiger partial charge >= 0.3 is 0 Å². The molecule has 0 saturated carbocycles. The SMILES string of the molecule is Fc1cc2c(c(CC3CCNCC3)c1)OCOC2. The molecule has 1 saturated heterocycles. The van der Waals surface area contributed by atoms with E-state index in [-0.39, 0.29) is 12.6 Å². The lowest BCUT2D eigenvalue weighted by Gasteiger charge is -2.26. The van der Waals surface area contributed by atoms with Gasteiger partial charge in [0.25, 0.3) is 0 Å². The minimum absolute atomic E-state index is 0.188. The monoisotopic (exact) mass is 251 g/mol. The van der Waals surface area contributed by atoms with E-state index in [2.05, 4.69) is 5.32 Å². The molecule has 4 heteroatoms. The van der Waals surface area contributed by atoms with Crippen LogP contribution in [0.1, 0.15) is 24.0 Å². The first-order valence-corrected chi connectivity index (χ1v) is 6.55. The molecule has 0 atom stereocenters. The molecule has 2 aliphatic rings. The lowest BCUT2D eigenvalue weighted by Crippen LogP contribution is -2.29. The van der Waals surface area contributed by atoms with Crippen molar-refractivity contribution in [2.75, 3.05) is 19.9 Å². The molecular formula is C14H18FNO2. The van der Waals surface area contributed by atoms with Crippen LogP contribution in [0, 0.1) is 11.7 Å². The first-order valence-electron chi connectivity index (χ1n) is 6.55. The van der Waals surface area contributed by atoms with Crippen LogP contribution in [0.15, 0.2) is 12.1 Å². The number of ether oxygens (including phenoxy) is 2. The zero-order valence-corrected chi connectivity index (χ0v) is 10.4. The van der Waals surface area contributed by atoms with Gasteiger partial charge in [-0.3, -0.25) is 0 Å². The van der Waals surface area contributed by atoms with Gasteiger partial charge in [0.2, 0.25) is 0 Å². The van der Waals surface area contributed by atoms with E-state index in [0.717, 1.165) is 49.2 Å². The third-order valence-corrected chi connectivity index (χ3v) is 3.72. The number of benzene rings is 1. The second-order valence-corrected chi connectivity index (χ2v) is 5.06. The van der Waals surface area contributed by atoms with Crippen LogP contribution in [0.5, 0.6) is 5.75 Å². The molecule has 18 heavy (non-hydrogen) atoms. The summed E-state index contributed by atoms with van der Waals surface area (Å²) in [5, 5.41) is 3.35. The predicted octanol–water partition coefficient (Wildman–Crippen LogP) is 2.23. The minimum Gasteiger partial charge on any atom is -0.467 e. The molecule has 0 aromatic heterocycles. The first kappa shape index (κ1) is 11.9. The summed E-state index contributed by atoms with van der Waals surface area (Å²) < 4.78 is 24.3. The van der Waals surface area contributed by atoms with Crippen LogP contribution in [0.25, 0.3) is 0 Å². The standard InChI is InChI=1S/C14H18FNO2/c15-13-6-11(5-10-1-3-16-4-2-10)14-12(7-13)8-17-9-18-14/h6-7,10,16H,1-5,8-9H2. The molecule has 0 bridgehead atoms. The third-order valence-electron chi connectivity index (χ3n) is 3.72. The molecule has 2 heterocycles. The van der Waals surface area contributed by atoms with Crippen LogP contribution in [-0.2, 0) is 17.8 Å². The highest BCUT2D eigenvalue weighted by molar-refractivity contribution is 5.42. The van der Waals surface area contributed by atoms with Crippen molar-refractivity contribution in [3.05, 3.63) is 29.1 Å². The highest BCUT2D eigenvalue weighted by Gasteiger charge is 2.20. The Morgan fingerprint density at radius 3 is 2.94 bits per heavy atom. The average molecular weight is 251 g/mol. The van der Waals surface area contributed by atoms with Gasteiger partial charge in [0, 0.05) is 5.56 Å². The van der Waals surface area contributed by atoms with E-state index < -0.39 is 0 Å². The van der Waals surface area contributed by atoms with E-state index in [0.29, 0.717) is 12.5 Å². The Bertz CT molecular complexity index is 430. The third kappa shape index (κ3) is 2.49. The molecule has 0 amide bonds. The summed E-state index contributed by atoms with van der Waals surface area (Å²) in [5.41, 5.74) is 1.84. The van der Waals surface area contributed by atoms with Crippen molar-refractivity contribution in [2.45, 2.75) is 25.9 Å². The summed E-state index contributed by atoms with van der Waals surface area (Å²) in [7, 11) is 0. The Balaban J connectivity index is 1.83. The van der Waals surface area contributed by atoms with Crippen molar-refractivity contribution in [3.8, 4) is 5.75 Å². The summed E-state index contributed by atoms with van der Waals surface area (Å²) in [4.78, 5) is 0. The minimum atomic E-state index is -0.188. The van der Waals surface area contributed by atoms with Crippen LogP contribution in [-0.4, -0.2) is 19.9 Å². The van der Waals surface area contributed by atoms with Crippen LogP contribution in [0.3, 0.4) is 0 Å². The molecule has 0 unspecified atom stereocenters. The Kier molecular flexibility index (Phi) is 3.48. The van der Waals surface area contributed by atoms with Gasteiger partial charge in [0.05, 0.1) is 6.61 Å².